The summed E-state index contributed by atoms with van der Waals surface area (Å²) < 4.78 is 4.80. The molecular weight excluding hydrogens is 250 g/mol. The Kier molecular flexibility index (Phi) is 3.28. The van der Waals surface area contributed by atoms with Gasteiger partial charge in [0.25, 0.3) is 11.6 Å². The van der Waals surface area contributed by atoms with Crippen LogP contribution in [0, 0.1) is 24.0 Å². The van der Waals surface area contributed by atoms with Crippen LogP contribution in [0.4, 0.5) is 11.4 Å². The van der Waals surface area contributed by atoms with Gasteiger partial charge in [-0.3, -0.25) is 14.9 Å². The number of aromatic nitrogens is 1. The van der Waals surface area contributed by atoms with Crippen LogP contribution in [0.1, 0.15) is 21.8 Å². The van der Waals surface area contributed by atoms with Crippen molar-refractivity contribution in [3.8, 4) is 0 Å². The van der Waals surface area contributed by atoms with E-state index in [0.29, 0.717) is 11.4 Å². The Morgan fingerprint density at radius 1 is 1.37 bits per heavy atom. The van der Waals surface area contributed by atoms with Crippen LogP contribution in [-0.4, -0.2) is 16.0 Å². The molecule has 0 radical (unpaired) electrons. The molecule has 1 N–H and O–H groups in total. The van der Waals surface area contributed by atoms with Crippen molar-refractivity contribution in [2.24, 2.45) is 0 Å². The topological polar surface area (TPSA) is 98.3 Å². The number of benzene rings is 1. The van der Waals surface area contributed by atoms with Crippen LogP contribution in [0.2, 0.25) is 0 Å². The molecule has 7 heteroatoms. The summed E-state index contributed by atoms with van der Waals surface area (Å²) in [5, 5.41) is 16.8. The van der Waals surface area contributed by atoms with Gasteiger partial charge < -0.3 is 9.84 Å². The molecule has 0 atom stereocenters. The van der Waals surface area contributed by atoms with Crippen molar-refractivity contribution in [2.75, 3.05) is 5.32 Å². The van der Waals surface area contributed by atoms with Crippen molar-refractivity contribution in [3.05, 3.63) is 51.4 Å². The molecule has 0 saturated carbocycles. The molecule has 0 saturated heterocycles. The van der Waals surface area contributed by atoms with E-state index in [4.69, 9.17) is 4.52 Å². The average Bonchev–Trinajstić information content (AvgIpc) is 2.78. The summed E-state index contributed by atoms with van der Waals surface area (Å²) in [4.78, 5) is 22.0. The molecule has 1 aromatic heterocycles. The first-order chi connectivity index (χ1) is 8.97. The molecule has 0 bridgehead atoms. The fourth-order valence-electron chi connectivity index (χ4n) is 1.52. The second kappa shape index (κ2) is 4.89. The third-order valence-electron chi connectivity index (χ3n) is 2.54. The van der Waals surface area contributed by atoms with Crippen LogP contribution >= 0.6 is 0 Å². The highest BCUT2D eigenvalue weighted by atomic mass is 16.6. The summed E-state index contributed by atoms with van der Waals surface area (Å²) in [6, 6.07) is 5.75. The van der Waals surface area contributed by atoms with Gasteiger partial charge in [0, 0.05) is 18.2 Å². The number of carbonyl (C=O) groups excluding carboxylic acids is 1. The predicted octanol–water partition coefficient (Wildman–Crippen LogP) is 2.45. The zero-order valence-electron chi connectivity index (χ0n) is 10.3. The number of rotatable bonds is 3. The Balaban J connectivity index is 2.25. The summed E-state index contributed by atoms with van der Waals surface area (Å²) in [6.07, 6.45) is 0. The number of nitro benzene ring substituents is 1. The molecule has 98 valence electrons. The van der Waals surface area contributed by atoms with Gasteiger partial charge in [-0.15, -0.1) is 0 Å². The van der Waals surface area contributed by atoms with Crippen LogP contribution in [0.3, 0.4) is 0 Å². The number of hydrogen-bond donors (Lipinski definition) is 1. The fourth-order valence-corrected chi connectivity index (χ4v) is 1.52. The largest absolute Gasteiger partial charge is 0.361 e. The highest BCUT2D eigenvalue weighted by Gasteiger charge is 2.14. The molecule has 0 unspecified atom stereocenters. The third-order valence-corrected chi connectivity index (χ3v) is 2.54. The second-order valence-electron chi connectivity index (χ2n) is 4.03. The number of nitrogens with zero attached hydrogens (tertiary/aromatic N) is 2. The van der Waals surface area contributed by atoms with Crippen LogP contribution in [0.25, 0.3) is 0 Å². The second-order valence-corrected chi connectivity index (χ2v) is 4.03. The van der Waals surface area contributed by atoms with Crippen LogP contribution < -0.4 is 5.32 Å². The maximum Gasteiger partial charge on any atom is 0.277 e. The first kappa shape index (κ1) is 12.7. The van der Waals surface area contributed by atoms with Crippen molar-refractivity contribution < 1.29 is 14.2 Å². The smallest absolute Gasteiger partial charge is 0.277 e. The highest BCUT2D eigenvalue weighted by Crippen LogP contribution is 2.22. The minimum atomic E-state index is -0.519. The molecule has 1 amide bonds. The normalized spacial score (nSPS) is 10.2. The minimum absolute atomic E-state index is 0.0859. The third kappa shape index (κ3) is 2.76. The lowest BCUT2D eigenvalue weighted by Crippen LogP contribution is -2.13. The van der Waals surface area contributed by atoms with E-state index in [1.807, 2.05) is 0 Å². The van der Waals surface area contributed by atoms with Crippen molar-refractivity contribution in [2.45, 2.75) is 13.8 Å². The number of aryl methyl sites for hydroxylation is 2. The lowest BCUT2D eigenvalue weighted by molar-refractivity contribution is -0.384. The molecule has 0 fully saturated rings. The van der Waals surface area contributed by atoms with Gasteiger partial charge in [0.1, 0.15) is 5.76 Å². The molecule has 1 aromatic carbocycles. The first-order valence-corrected chi connectivity index (χ1v) is 5.47. The molecule has 0 aliphatic carbocycles. The van der Waals surface area contributed by atoms with E-state index >= 15 is 0 Å². The van der Waals surface area contributed by atoms with Gasteiger partial charge >= 0.3 is 0 Å². The van der Waals surface area contributed by atoms with Gasteiger partial charge in [-0.1, -0.05) is 11.2 Å². The summed E-state index contributed by atoms with van der Waals surface area (Å²) in [7, 11) is 0. The van der Waals surface area contributed by atoms with Gasteiger partial charge in [0.2, 0.25) is 0 Å². The standard InChI is InChI=1S/C12H11N3O4/c1-7-3-4-9(15(17)18)6-10(7)13-12(16)11-5-8(2)19-14-11/h3-6H,1-2H3,(H,13,16). The van der Waals surface area contributed by atoms with E-state index in [9.17, 15) is 14.9 Å². The molecule has 2 aromatic rings. The van der Waals surface area contributed by atoms with Crippen molar-refractivity contribution >= 4 is 17.3 Å². The zero-order chi connectivity index (χ0) is 14.0. The van der Waals surface area contributed by atoms with E-state index in [1.165, 1.54) is 18.2 Å². The Bertz CT molecular complexity index is 648. The maximum absolute atomic E-state index is 11.9. The van der Waals surface area contributed by atoms with Crippen molar-refractivity contribution in [1.82, 2.24) is 5.16 Å². The van der Waals surface area contributed by atoms with Crippen molar-refractivity contribution in [1.29, 1.82) is 0 Å². The number of amides is 1. The molecule has 7 nitrogen and oxygen atoms in total. The Morgan fingerprint density at radius 2 is 2.11 bits per heavy atom. The van der Waals surface area contributed by atoms with Gasteiger partial charge in [-0.25, -0.2) is 0 Å². The monoisotopic (exact) mass is 261 g/mol. The van der Waals surface area contributed by atoms with Gasteiger partial charge in [0.05, 0.1) is 10.6 Å². The van der Waals surface area contributed by atoms with E-state index in [1.54, 1.807) is 19.9 Å². The SMILES string of the molecule is Cc1cc(C(=O)Nc2cc([N+](=O)[O-])ccc2C)no1. The molecule has 2 rings (SSSR count). The number of hydrogen-bond acceptors (Lipinski definition) is 5. The van der Waals surface area contributed by atoms with Gasteiger partial charge in [-0.05, 0) is 19.4 Å². The van der Waals surface area contributed by atoms with E-state index < -0.39 is 10.8 Å². The quantitative estimate of drug-likeness (QED) is 0.675. The molecule has 1 heterocycles. The van der Waals surface area contributed by atoms with Gasteiger partial charge in [-0.2, -0.15) is 0 Å². The number of nitrogens with one attached hydrogen (secondary N) is 1. The van der Waals surface area contributed by atoms with Crippen LogP contribution in [0.5, 0.6) is 0 Å². The average molecular weight is 261 g/mol. The summed E-state index contributed by atoms with van der Waals surface area (Å²) in [5.41, 5.74) is 1.14. The van der Waals surface area contributed by atoms with Crippen LogP contribution in [0.15, 0.2) is 28.8 Å². The number of carbonyl (C=O) groups is 1. The van der Waals surface area contributed by atoms with E-state index in [2.05, 4.69) is 10.5 Å². The molecule has 0 aliphatic heterocycles. The maximum atomic E-state index is 11.9. The summed E-state index contributed by atoms with van der Waals surface area (Å²) in [5.74, 6) is 0.0429. The van der Waals surface area contributed by atoms with Gasteiger partial charge in [0.15, 0.2) is 5.69 Å². The summed E-state index contributed by atoms with van der Waals surface area (Å²) in [6.45, 7) is 3.41. The molecule has 0 aliphatic rings. The Labute approximate surface area is 108 Å². The zero-order valence-corrected chi connectivity index (χ0v) is 10.3. The Morgan fingerprint density at radius 3 is 2.68 bits per heavy atom. The molecule has 19 heavy (non-hydrogen) atoms. The lowest BCUT2D eigenvalue weighted by atomic mass is 10.2. The first-order valence-electron chi connectivity index (χ1n) is 5.47. The fraction of sp³-hybridized carbons (Fsp3) is 0.167. The number of non-ortho nitro benzene ring substituents is 1. The van der Waals surface area contributed by atoms with Crippen molar-refractivity contribution in [3.63, 3.8) is 0 Å². The Hall–Kier alpha value is -2.70. The minimum Gasteiger partial charge on any atom is -0.361 e. The highest BCUT2D eigenvalue weighted by molar-refractivity contribution is 6.03. The van der Waals surface area contributed by atoms with E-state index in [-0.39, 0.29) is 11.4 Å². The molecule has 0 spiro atoms. The summed E-state index contributed by atoms with van der Waals surface area (Å²) >= 11 is 0. The number of nitro groups is 1. The van der Waals surface area contributed by atoms with E-state index in [0.717, 1.165) is 5.56 Å². The molecular formula is C12H11N3O4. The predicted molar refractivity (Wildman–Crippen MR) is 67.0 cm³/mol. The lowest BCUT2D eigenvalue weighted by Gasteiger charge is -2.06. The van der Waals surface area contributed by atoms with Crippen LogP contribution in [-0.2, 0) is 0 Å². The number of anilines is 1.